The van der Waals surface area contributed by atoms with Crippen molar-refractivity contribution in [1.82, 2.24) is 0 Å². The molecule has 1 saturated carbocycles. The molecule has 0 unspecified atom stereocenters. The first-order valence-corrected chi connectivity index (χ1v) is 5.37. The van der Waals surface area contributed by atoms with Crippen molar-refractivity contribution in [3.63, 3.8) is 0 Å². The van der Waals surface area contributed by atoms with Gasteiger partial charge in [-0.15, -0.1) is 0 Å². The second-order valence-electron chi connectivity index (χ2n) is 5.03. The van der Waals surface area contributed by atoms with Gasteiger partial charge in [0.1, 0.15) is 6.17 Å². The molecule has 0 heterocycles. The van der Waals surface area contributed by atoms with Gasteiger partial charge in [-0.05, 0) is 30.6 Å². The van der Waals surface area contributed by atoms with Crippen LogP contribution in [0.15, 0.2) is 0 Å². The van der Waals surface area contributed by atoms with Gasteiger partial charge in [0.05, 0.1) is 0 Å². The van der Waals surface area contributed by atoms with Crippen molar-refractivity contribution >= 4 is 0 Å². The predicted molar refractivity (Wildman–Crippen MR) is 54.3 cm³/mol. The van der Waals surface area contributed by atoms with Crippen molar-refractivity contribution < 1.29 is 4.39 Å². The Kier molecular flexibility index (Phi) is 3.33. The molecule has 0 aromatic carbocycles. The summed E-state index contributed by atoms with van der Waals surface area (Å²) in [6.07, 6.45) is 2.98. The van der Waals surface area contributed by atoms with E-state index in [-0.39, 0.29) is 11.5 Å². The van der Waals surface area contributed by atoms with E-state index in [1.54, 1.807) is 0 Å². The number of alkyl halides is 1. The molecule has 1 rings (SSSR count). The van der Waals surface area contributed by atoms with Crippen molar-refractivity contribution in [1.29, 1.82) is 0 Å². The zero-order valence-corrected chi connectivity index (χ0v) is 9.02. The molecular weight excluding hydrogens is 165 g/mol. The van der Waals surface area contributed by atoms with Gasteiger partial charge < -0.3 is 5.73 Å². The molecule has 2 heteroatoms. The molecule has 0 amide bonds. The van der Waals surface area contributed by atoms with E-state index in [2.05, 4.69) is 20.8 Å². The lowest BCUT2D eigenvalue weighted by Gasteiger charge is -2.39. The molecule has 0 aliphatic heterocycles. The zero-order valence-electron chi connectivity index (χ0n) is 9.02. The van der Waals surface area contributed by atoms with Gasteiger partial charge in [-0.2, -0.15) is 0 Å². The number of nitrogens with two attached hydrogens (primary N) is 1. The third kappa shape index (κ3) is 2.43. The summed E-state index contributed by atoms with van der Waals surface area (Å²) in [5.41, 5.74) is 5.93. The first-order valence-electron chi connectivity index (χ1n) is 5.37. The standard InChI is InChI=1S/C11H22FN/c1-4-11(2,3)8-5-6-10(13)9(12)7-8/h8-10H,4-7,13H2,1-3H3/t8-,9+,10-/m1/s1. The Morgan fingerprint density at radius 3 is 2.46 bits per heavy atom. The molecule has 2 N–H and O–H groups in total. The maximum absolute atomic E-state index is 13.4. The van der Waals surface area contributed by atoms with Gasteiger partial charge in [-0.1, -0.05) is 27.2 Å². The van der Waals surface area contributed by atoms with Gasteiger partial charge in [0.15, 0.2) is 0 Å². The van der Waals surface area contributed by atoms with Crippen LogP contribution in [-0.4, -0.2) is 12.2 Å². The molecule has 0 aromatic rings. The molecule has 1 fully saturated rings. The van der Waals surface area contributed by atoms with Crippen molar-refractivity contribution in [3.05, 3.63) is 0 Å². The molecule has 0 aromatic heterocycles. The zero-order chi connectivity index (χ0) is 10.1. The largest absolute Gasteiger partial charge is 0.325 e. The van der Waals surface area contributed by atoms with E-state index in [4.69, 9.17) is 5.73 Å². The summed E-state index contributed by atoms with van der Waals surface area (Å²) in [6, 6.07) is -0.205. The van der Waals surface area contributed by atoms with E-state index in [9.17, 15) is 4.39 Å². The Morgan fingerprint density at radius 1 is 1.38 bits per heavy atom. The average Bonchev–Trinajstić information content (AvgIpc) is 2.09. The van der Waals surface area contributed by atoms with Gasteiger partial charge in [-0.25, -0.2) is 4.39 Å². The summed E-state index contributed by atoms with van der Waals surface area (Å²) in [4.78, 5) is 0. The van der Waals surface area contributed by atoms with E-state index in [1.807, 2.05) is 0 Å². The molecular formula is C11H22FN. The van der Waals surface area contributed by atoms with Gasteiger partial charge in [0.2, 0.25) is 0 Å². The SMILES string of the molecule is CCC(C)(C)[C@@H]1CC[C@@H](N)[C@@H](F)C1. The lowest BCUT2D eigenvalue weighted by atomic mass is 9.68. The van der Waals surface area contributed by atoms with Crippen LogP contribution >= 0.6 is 0 Å². The summed E-state index contributed by atoms with van der Waals surface area (Å²) in [5.74, 6) is 0.521. The molecule has 0 saturated heterocycles. The van der Waals surface area contributed by atoms with Crippen LogP contribution in [-0.2, 0) is 0 Å². The van der Waals surface area contributed by atoms with Crippen LogP contribution in [0.2, 0.25) is 0 Å². The topological polar surface area (TPSA) is 26.0 Å². The maximum atomic E-state index is 13.4. The quantitative estimate of drug-likeness (QED) is 0.706. The first kappa shape index (κ1) is 11.0. The lowest BCUT2D eigenvalue weighted by molar-refractivity contribution is 0.0860. The van der Waals surface area contributed by atoms with Crippen LogP contribution in [0.5, 0.6) is 0 Å². The van der Waals surface area contributed by atoms with Gasteiger partial charge in [-0.3, -0.25) is 0 Å². The Labute approximate surface area is 80.9 Å². The third-order valence-electron chi connectivity index (χ3n) is 3.84. The Morgan fingerprint density at radius 2 is 2.00 bits per heavy atom. The highest BCUT2D eigenvalue weighted by atomic mass is 19.1. The van der Waals surface area contributed by atoms with E-state index in [1.165, 1.54) is 0 Å². The van der Waals surface area contributed by atoms with Crippen LogP contribution in [0.3, 0.4) is 0 Å². The van der Waals surface area contributed by atoms with Crippen molar-refractivity contribution in [2.45, 2.75) is 58.7 Å². The lowest BCUT2D eigenvalue weighted by Crippen LogP contribution is -2.41. The Balaban J connectivity index is 2.55. The van der Waals surface area contributed by atoms with Crippen LogP contribution in [0.1, 0.15) is 46.5 Å². The highest BCUT2D eigenvalue weighted by Crippen LogP contribution is 2.40. The summed E-state index contributed by atoms with van der Waals surface area (Å²) >= 11 is 0. The normalized spacial score (nSPS) is 36.2. The number of hydrogen-bond acceptors (Lipinski definition) is 1. The molecule has 0 bridgehead atoms. The smallest absolute Gasteiger partial charge is 0.115 e. The number of rotatable bonds is 2. The molecule has 1 aliphatic rings. The van der Waals surface area contributed by atoms with Crippen LogP contribution in [0.25, 0.3) is 0 Å². The van der Waals surface area contributed by atoms with Crippen molar-refractivity contribution in [2.24, 2.45) is 17.1 Å². The fraction of sp³-hybridized carbons (Fsp3) is 1.00. The predicted octanol–water partition coefficient (Wildman–Crippen LogP) is 2.89. The first-order chi connectivity index (χ1) is 5.97. The summed E-state index contributed by atoms with van der Waals surface area (Å²) in [5, 5.41) is 0. The maximum Gasteiger partial charge on any atom is 0.115 e. The monoisotopic (exact) mass is 187 g/mol. The van der Waals surface area contributed by atoms with E-state index in [0.29, 0.717) is 12.3 Å². The number of halogens is 1. The van der Waals surface area contributed by atoms with E-state index in [0.717, 1.165) is 19.3 Å². The van der Waals surface area contributed by atoms with Crippen molar-refractivity contribution in [2.75, 3.05) is 0 Å². The molecule has 1 nitrogen and oxygen atoms in total. The highest BCUT2D eigenvalue weighted by Gasteiger charge is 2.35. The average molecular weight is 187 g/mol. The van der Waals surface area contributed by atoms with Gasteiger partial charge in [0.25, 0.3) is 0 Å². The third-order valence-corrected chi connectivity index (χ3v) is 3.84. The fourth-order valence-electron chi connectivity index (χ4n) is 2.14. The van der Waals surface area contributed by atoms with Gasteiger partial charge >= 0.3 is 0 Å². The number of hydrogen-bond donors (Lipinski definition) is 1. The molecule has 78 valence electrons. The molecule has 0 spiro atoms. The summed E-state index contributed by atoms with van der Waals surface area (Å²) in [7, 11) is 0. The van der Waals surface area contributed by atoms with E-state index < -0.39 is 6.17 Å². The minimum absolute atomic E-state index is 0.205. The second-order valence-corrected chi connectivity index (χ2v) is 5.03. The molecule has 1 aliphatic carbocycles. The van der Waals surface area contributed by atoms with Crippen LogP contribution in [0.4, 0.5) is 4.39 Å². The van der Waals surface area contributed by atoms with Crippen LogP contribution < -0.4 is 5.73 Å². The molecule has 0 radical (unpaired) electrons. The summed E-state index contributed by atoms with van der Waals surface area (Å²) in [6.45, 7) is 6.66. The van der Waals surface area contributed by atoms with E-state index >= 15 is 0 Å². The van der Waals surface area contributed by atoms with Crippen LogP contribution in [0, 0.1) is 11.3 Å². The Bertz CT molecular complexity index is 167. The Hall–Kier alpha value is -0.110. The van der Waals surface area contributed by atoms with Crippen molar-refractivity contribution in [3.8, 4) is 0 Å². The minimum atomic E-state index is -0.774. The fourth-order valence-corrected chi connectivity index (χ4v) is 2.14. The minimum Gasteiger partial charge on any atom is -0.325 e. The summed E-state index contributed by atoms with van der Waals surface area (Å²) < 4.78 is 13.4. The van der Waals surface area contributed by atoms with Gasteiger partial charge in [0, 0.05) is 6.04 Å². The second kappa shape index (κ2) is 3.95. The molecule has 13 heavy (non-hydrogen) atoms. The highest BCUT2D eigenvalue weighted by molar-refractivity contribution is 4.88. The molecule has 3 atom stereocenters.